The van der Waals surface area contributed by atoms with Crippen LogP contribution >= 0.6 is 12.4 Å². The Morgan fingerprint density at radius 2 is 2.12 bits per heavy atom. The molecule has 1 aromatic carbocycles. The van der Waals surface area contributed by atoms with Crippen molar-refractivity contribution in [1.29, 1.82) is 0 Å². The number of benzene rings is 1. The molecule has 2 amide bonds. The van der Waals surface area contributed by atoms with Crippen molar-refractivity contribution in [1.82, 2.24) is 10.2 Å². The van der Waals surface area contributed by atoms with Gasteiger partial charge in [0.2, 0.25) is 5.91 Å². The minimum absolute atomic E-state index is 0. The van der Waals surface area contributed by atoms with E-state index in [4.69, 9.17) is 5.73 Å². The summed E-state index contributed by atoms with van der Waals surface area (Å²) in [5, 5.41) is 2.84. The summed E-state index contributed by atoms with van der Waals surface area (Å²) in [5.74, 6) is -0.514. The average molecular weight is 358 g/mol. The lowest BCUT2D eigenvalue weighted by atomic mass is 10.00. The fourth-order valence-corrected chi connectivity index (χ4v) is 2.87. The lowest BCUT2D eigenvalue weighted by Gasteiger charge is -2.36. The van der Waals surface area contributed by atoms with E-state index in [2.05, 4.69) is 5.32 Å². The molecule has 2 rings (SSSR count). The first-order chi connectivity index (χ1) is 11.0. The zero-order chi connectivity index (χ0) is 16.8. The van der Waals surface area contributed by atoms with E-state index in [1.807, 2.05) is 0 Å². The fraction of sp³-hybridized carbons (Fsp3) is 0.529. The second kappa shape index (κ2) is 9.59. The topological polar surface area (TPSA) is 75.4 Å². The smallest absolute Gasteiger partial charge is 0.254 e. The van der Waals surface area contributed by atoms with E-state index in [0.717, 1.165) is 19.3 Å². The first kappa shape index (κ1) is 20.4. The molecule has 3 N–H and O–H groups in total. The maximum absolute atomic E-state index is 13.4. The summed E-state index contributed by atoms with van der Waals surface area (Å²) in [6, 6.07) is 4.40. The highest BCUT2D eigenvalue weighted by atomic mass is 35.5. The number of carbonyl (C=O) groups excluding carboxylic acids is 2. The first-order valence-electron chi connectivity index (χ1n) is 8.07. The molecular weight excluding hydrogens is 333 g/mol. The highest BCUT2D eigenvalue weighted by molar-refractivity contribution is 5.94. The molecule has 1 aliphatic heterocycles. The van der Waals surface area contributed by atoms with E-state index in [0.29, 0.717) is 30.8 Å². The zero-order valence-corrected chi connectivity index (χ0v) is 14.7. The Morgan fingerprint density at radius 1 is 1.38 bits per heavy atom. The average Bonchev–Trinajstić information content (AvgIpc) is 2.55. The van der Waals surface area contributed by atoms with Gasteiger partial charge in [0.25, 0.3) is 5.91 Å². The molecule has 0 saturated carbocycles. The number of hydrogen-bond donors (Lipinski definition) is 2. The number of nitrogens with one attached hydrogen (secondary N) is 1. The Labute approximate surface area is 148 Å². The summed E-state index contributed by atoms with van der Waals surface area (Å²) in [5.41, 5.74) is 6.31. The minimum Gasteiger partial charge on any atom is -0.354 e. The molecule has 0 radical (unpaired) electrons. The maximum atomic E-state index is 13.4. The van der Waals surface area contributed by atoms with E-state index < -0.39 is 0 Å². The lowest BCUT2D eigenvalue weighted by molar-refractivity contribution is -0.121. The van der Waals surface area contributed by atoms with Crippen molar-refractivity contribution in [2.24, 2.45) is 5.73 Å². The predicted molar refractivity (Wildman–Crippen MR) is 93.7 cm³/mol. The van der Waals surface area contributed by atoms with Gasteiger partial charge in [0.1, 0.15) is 5.82 Å². The van der Waals surface area contributed by atoms with Crippen molar-refractivity contribution in [3.05, 3.63) is 35.1 Å². The third-order valence-corrected chi connectivity index (χ3v) is 4.20. The van der Waals surface area contributed by atoms with E-state index >= 15 is 0 Å². The van der Waals surface area contributed by atoms with Gasteiger partial charge in [-0.2, -0.15) is 0 Å². The van der Waals surface area contributed by atoms with Crippen LogP contribution in [0, 0.1) is 12.7 Å². The predicted octanol–water partition coefficient (Wildman–Crippen LogP) is 2.02. The quantitative estimate of drug-likeness (QED) is 0.846. The van der Waals surface area contributed by atoms with Crippen LogP contribution in [0.5, 0.6) is 0 Å². The highest BCUT2D eigenvalue weighted by Crippen LogP contribution is 2.20. The van der Waals surface area contributed by atoms with Crippen LogP contribution in [0.3, 0.4) is 0 Å². The molecule has 1 aromatic rings. The van der Waals surface area contributed by atoms with Crippen LogP contribution in [-0.2, 0) is 4.79 Å². The summed E-state index contributed by atoms with van der Waals surface area (Å²) in [6.07, 6.45) is 3.12. The van der Waals surface area contributed by atoms with Crippen molar-refractivity contribution in [3.8, 4) is 0 Å². The molecule has 1 unspecified atom stereocenters. The Bertz CT molecular complexity index is 583. The van der Waals surface area contributed by atoms with Crippen molar-refractivity contribution < 1.29 is 14.0 Å². The number of nitrogens with two attached hydrogens (primary N) is 1. The third kappa shape index (κ3) is 5.18. The van der Waals surface area contributed by atoms with Gasteiger partial charge in [0.05, 0.1) is 0 Å². The number of amides is 2. The van der Waals surface area contributed by atoms with Gasteiger partial charge in [0.15, 0.2) is 0 Å². The summed E-state index contributed by atoms with van der Waals surface area (Å²) < 4.78 is 13.4. The summed E-state index contributed by atoms with van der Waals surface area (Å²) in [7, 11) is 0. The molecule has 7 heteroatoms. The van der Waals surface area contributed by atoms with Gasteiger partial charge in [0, 0.05) is 37.7 Å². The van der Waals surface area contributed by atoms with Gasteiger partial charge in [-0.3, -0.25) is 9.59 Å². The maximum Gasteiger partial charge on any atom is 0.254 e. The molecular formula is C17H25ClFN3O2. The Balaban J connectivity index is 0.00000288. The molecule has 134 valence electrons. The molecule has 1 saturated heterocycles. The molecule has 0 aromatic heterocycles. The van der Waals surface area contributed by atoms with Gasteiger partial charge >= 0.3 is 0 Å². The van der Waals surface area contributed by atoms with Crippen LogP contribution in [-0.4, -0.2) is 42.4 Å². The normalized spacial score (nSPS) is 17.1. The van der Waals surface area contributed by atoms with Crippen LogP contribution in [0.1, 0.15) is 41.6 Å². The summed E-state index contributed by atoms with van der Waals surface area (Å²) in [4.78, 5) is 26.1. The molecule has 24 heavy (non-hydrogen) atoms. The molecule has 5 nitrogen and oxygen atoms in total. The number of halogens is 2. The molecule has 0 bridgehead atoms. The van der Waals surface area contributed by atoms with Crippen molar-refractivity contribution in [2.45, 2.75) is 38.6 Å². The van der Waals surface area contributed by atoms with Crippen LogP contribution in [0.2, 0.25) is 0 Å². The van der Waals surface area contributed by atoms with Crippen LogP contribution in [0.25, 0.3) is 0 Å². The fourth-order valence-electron chi connectivity index (χ4n) is 2.87. The molecule has 1 atom stereocenters. The van der Waals surface area contributed by atoms with Crippen molar-refractivity contribution in [2.75, 3.05) is 19.6 Å². The SMILES string of the molecule is Cc1cc(C(=O)N2CCCCC2CNC(=O)CCN)ccc1F.Cl. The number of hydrogen-bond acceptors (Lipinski definition) is 3. The number of rotatable bonds is 5. The van der Waals surface area contributed by atoms with E-state index in [1.54, 1.807) is 17.9 Å². The molecule has 0 spiro atoms. The monoisotopic (exact) mass is 357 g/mol. The molecule has 0 aliphatic carbocycles. The standard InChI is InChI=1S/C17H24FN3O2.ClH/c1-12-10-13(5-6-15(12)18)17(23)21-9-3-2-4-14(21)11-20-16(22)7-8-19;/h5-6,10,14H,2-4,7-9,11,19H2,1H3,(H,20,22);1H. The van der Waals surface area contributed by atoms with Crippen LogP contribution < -0.4 is 11.1 Å². The van der Waals surface area contributed by atoms with E-state index in [9.17, 15) is 14.0 Å². The number of piperidine rings is 1. The van der Waals surface area contributed by atoms with Crippen molar-refractivity contribution in [3.63, 3.8) is 0 Å². The van der Waals surface area contributed by atoms with E-state index in [1.165, 1.54) is 12.1 Å². The minimum atomic E-state index is -0.314. The zero-order valence-electron chi connectivity index (χ0n) is 13.9. The highest BCUT2D eigenvalue weighted by Gasteiger charge is 2.27. The molecule has 1 aliphatic rings. The van der Waals surface area contributed by atoms with Gasteiger partial charge in [-0.1, -0.05) is 0 Å². The number of nitrogens with zero attached hydrogens (tertiary/aromatic N) is 1. The Hall–Kier alpha value is -1.66. The lowest BCUT2D eigenvalue weighted by Crippen LogP contribution is -2.49. The van der Waals surface area contributed by atoms with Crippen LogP contribution in [0.15, 0.2) is 18.2 Å². The first-order valence-corrected chi connectivity index (χ1v) is 8.07. The summed E-state index contributed by atoms with van der Waals surface area (Å²) in [6.45, 7) is 3.05. The second-order valence-corrected chi connectivity index (χ2v) is 5.95. The Morgan fingerprint density at radius 3 is 2.79 bits per heavy atom. The van der Waals surface area contributed by atoms with Gasteiger partial charge < -0.3 is 16.0 Å². The van der Waals surface area contributed by atoms with Gasteiger partial charge in [-0.15, -0.1) is 12.4 Å². The number of carbonyl (C=O) groups is 2. The largest absolute Gasteiger partial charge is 0.354 e. The summed E-state index contributed by atoms with van der Waals surface area (Å²) >= 11 is 0. The molecule has 1 heterocycles. The van der Waals surface area contributed by atoms with Gasteiger partial charge in [-0.05, 0) is 49.9 Å². The Kier molecular flexibility index (Phi) is 8.15. The third-order valence-electron chi connectivity index (χ3n) is 4.20. The van der Waals surface area contributed by atoms with Gasteiger partial charge in [-0.25, -0.2) is 4.39 Å². The second-order valence-electron chi connectivity index (χ2n) is 5.95. The van der Waals surface area contributed by atoms with E-state index in [-0.39, 0.29) is 42.5 Å². The number of aryl methyl sites for hydroxylation is 1. The number of likely N-dealkylation sites (tertiary alicyclic amines) is 1. The van der Waals surface area contributed by atoms with Crippen molar-refractivity contribution >= 4 is 24.2 Å². The molecule has 1 fully saturated rings. The van der Waals surface area contributed by atoms with Crippen LogP contribution in [0.4, 0.5) is 4.39 Å².